The second kappa shape index (κ2) is 9.60. The number of para-hydroxylation sites is 1. The lowest BCUT2D eigenvalue weighted by Gasteiger charge is -2.33. The molecule has 0 fully saturated rings. The lowest BCUT2D eigenvalue weighted by atomic mass is 9.82. The summed E-state index contributed by atoms with van der Waals surface area (Å²) in [6.45, 7) is 13.4. The van der Waals surface area contributed by atoms with Crippen LogP contribution in [0.25, 0.3) is 0 Å². The van der Waals surface area contributed by atoms with Gasteiger partial charge in [-0.1, -0.05) is 32.9 Å². The molecule has 0 heterocycles. The van der Waals surface area contributed by atoms with Crippen molar-refractivity contribution in [2.24, 2.45) is 5.41 Å². The molecule has 0 saturated heterocycles. The monoisotopic (exact) mass is 362 g/mol. The predicted molar refractivity (Wildman–Crippen MR) is 105 cm³/mol. The SMILES string of the molecule is CCOc1ccccc1C(=O)NCCCC(=O)NC(C)(C)CC(C)(C)C. The highest BCUT2D eigenvalue weighted by molar-refractivity contribution is 5.96. The topological polar surface area (TPSA) is 67.4 Å². The number of carbonyl (C=O) groups is 2. The molecule has 0 aliphatic rings. The molecule has 146 valence electrons. The Morgan fingerprint density at radius 1 is 1.08 bits per heavy atom. The van der Waals surface area contributed by atoms with Crippen LogP contribution >= 0.6 is 0 Å². The first-order valence-corrected chi connectivity index (χ1v) is 9.35. The predicted octanol–water partition coefficient (Wildman–Crippen LogP) is 3.93. The maximum atomic E-state index is 12.3. The van der Waals surface area contributed by atoms with Gasteiger partial charge in [0.1, 0.15) is 5.75 Å². The summed E-state index contributed by atoms with van der Waals surface area (Å²) in [7, 11) is 0. The molecule has 0 saturated carbocycles. The van der Waals surface area contributed by atoms with Crippen molar-refractivity contribution in [3.63, 3.8) is 0 Å². The molecule has 0 unspecified atom stereocenters. The first kappa shape index (κ1) is 22.0. The Hall–Kier alpha value is -2.04. The van der Waals surface area contributed by atoms with E-state index in [1.807, 2.05) is 32.9 Å². The molecular weight excluding hydrogens is 328 g/mol. The Kier molecular flexibility index (Phi) is 8.12. The molecule has 0 aliphatic heterocycles. The Balaban J connectivity index is 2.40. The van der Waals surface area contributed by atoms with E-state index in [-0.39, 0.29) is 22.8 Å². The van der Waals surface area contributed by atoms with Crippen LogP contribution in [0.4, 0.5) is 0 Å². The van der Waals surface area contributed by atoms with Gasteiger partial charge < -0.3 is 15.4 Å². The van der Waals surface area contributed by atoms with Gasteiger partial charge >= 0.3 is 0 Å². The van der Waals surface area contributed by atoms with Crippen molar-refractivity contribution in [1.82, 2.24) is 10.6 Å². The Labute approximate surface area is 157 Å². The smallest absolute Gasteiger partial charge is 0.255 e. The summed E-state index contributed by atoms with van der Waals surface area (Å²) < 4.78 is 5.47. The number of hydrogen-bond donors (Lipinski definition) is 2. The van der Waals surface area contributed by atoms with Crippen LogP contribution in [-0.4, -0.2) is 30.5 Å². The van der Waals surface area contributed by atoms with Gasteiger partial charge in [0.15, 0.2) is 0 Å². The molecular formula is C21H34N2O3. The molecule has 1 rings (SSSR count). The fourth-order valence-corrected chi connectivity index (χ4v) is 3.29. The van der Waals surface area contributed by atoms with Crippen molar-refractivity contribution >= 4 is 11.8 Å². The van der Waals surface area contributed by atoms with E-state index in [1.165, 1.54) is 0 Å². The van der Waals surface area contributed by atoms with E-state index in [9.17, 15) is 9.59 Å². The van der Waals surface area contributed by atoms with Gasteiger partial charge in [-0.15, -0.1) is 0 Å². The van der Waals surface area contributed by atoms with E-state index in [0.717, 1.165) is 6.42 Å². The van der Waals surface area contributed by atoms with Crippen molar-refractivity contribution in [1.29, 1.82) is 0 Å². The number of ether oxygens (including phenoxy) is 1. The zero-order chi connectivity index (χ0) is 19.8. The molecule has 0 bridgehead atoms. The lowest BCUT2D eigenvalue weighted by Crippen LogP contribution is -2.45. The van der Waals surface area contributed by atoms with Crippen LogP contribution in [0.3, 0.4) is 0 Å². The summed E-state index contributed by atoms with van der Waals surface area (Å²) in [6.07, 6.45) is 1.89. The highest BCUT2D eigenvalue weighted by atomic mass is 16.5. The number of rotatable bonds is 9. The third-order valence-electron chi connectivity index (χ3n) is 3.75. The number of carbonyl (C=O) groups excluding carboxylic acids is 2. The molecule has 2 N–H and O–H groups in total. The standard InChI is InChI=1S/C21H34N2O3/c1-7-26-17-12-9-8-11-16(17)19(25)22-14-10-13-18(24)23-21(5,6)15-20(2,3)4/h8-9,11-12H,7,10,13-15H2,1-6H3,(H,22,25)(H,23,24). The molecule has 1 aromatic rings. The molecule has 0 spiro atoms. The van der Waals surface area contributed by atoms with E-state index in [0.29, 0.717) is 37.3 Å². The van der Waals surface area contributed by atoms with Crippen molar-refractivity contribution in [2.75, 3.05) is 13.2 Å². The van der Waals surface area contributed by atoms with Crippen molar-refractivity contribution in [3.8, 4) is 5.75 Å². The molecule has 5 heteroatoms. The van der Waals surface area contributed by atoms with Crippen LogP contribution in [0, 0.1) is 5.41 Å². The lowest BCUT2D eigenvalue weighted by molar-refractivity contribution is -0.123. The fourth-order valence-electron chi connectivity index (χ4n) is 3.29. The zero-order valence-corrected chi connectivity index (χ0v) is 17.1. The van der Waals surface area contributed by atoms with Gasteiger partial charge in [0, 0.05) is 18.5 Å². The highest BCUT2D eigenvalue weighted by Crippen LogP contribution is 2.26. The average Bonchev–Trinajstić information content (AvgIpc) is 2.49. The summed E-state index contributed by atoms with van der Waals surface area (Å²) in [5.41, 5.74) is 0.429. The van der Waals surface area contributed by atoms with Crippen LogP contribution < -0.4 is 15.4 Å². The van der Waals surface area contributed by atoms with Crippen molar-refractivity contribution in [2.45, 2.75) is 66.3 Å². The normalized spacial score (nSPS) is 11.8. The third kappa shape index (κ3) is 8.37. The van der Waals surface area contributed by atoms with Gasteiger partial charge in [-0.25, -0.2) is 0 Å². The molecule has 1 aromatic carbocycles. The van der Waals surface area contributed by atoms with E-state index in [4.69, 9.17) is 4.74 Å². The number of nitrogens with one attached hydrogen (secondary N) is 2. The summed E-state index contributed by atoms with van der Waals surface area (Å²) >= 11 is 0. The van der Waals surface area contributed by atoms with Gasteiger partial charge in [0.2, 0.25) is 5.91 Å². The van der Waals surface area contributed by atoms with Crippen LogP contribution in [0.15, 0.2) is 24.3 Å². The Morgan fingerprint density at radius 3 is 2.35 bits per heavy atom. The summed E-state index contributed by atoms with van der Waals surface area (Å²) in [6, 6.07) is 7.17. The summed E-state index contributed by atoms with van der Waals surface area (Å²) in [5.74, 6) is 0.417. The van der Waals surface area contributed by atoms with Gasteiger partial charge in [0.25, 0.3) is 5.91 Å². The largest absolute Gasteiger partial charge is 0.493 e. The highest BCUT2D eigenvalue weighted by Gasteiger charge is 2.26. The second-order valence-electron chi connectivity index (χ2n) is 8.46. The van der Waals surface area contributed by atoms with E-state index in [2.05, 4.69) is 31.4 Å². The van der Waals surface area contributed by atoms with Crippen LogP contribution in [-0.2, 0) is 4.79 Å². The Bertz CT molecular complexity index is 604. The molecule has 0 radical (unpaired) electrons. The number of benzene rings is 1. The maximum absolute atomic E-state index is 12.3. The minimum Gasteiger partial charge on any atom is -0.493 e. The van der Waals surface area contributed by atoms with E-state index in [1.54, 1.807) is 12.1 Å². The molecule has 0 aromatic heterocycles. The minimum absolute atomic E-state index is 0.0169. The van der Waals surface area contributed by atoms with Crippen molar-refractivity contribution < 1.29 is 14.3 Å². The average molecular weight is 363 g/mol. The molecule has 26 heavy (non-hydrogen) atoms. The van der Waals surface area contributed by atoms with Gasteiger partial charge in [-0.2, -0.15) is 0 Å². The van der Waals surface area contributed by atoms with Crippen molar-refractivity contribution in [3.05, 3.63) is 29.8 Å². The number of amides is 2. The quantitative estimate of drug-likeness (QED) is 0.654. The first-order valence-electron chi connectivity index (χ1n) is 9.35. The first-order chi connectivity index (χ1) is 12.0. The maximum Gasteiger partial charge on any atom is 0.255 e. The van der Waals surface area contributed by atoms with E-state index >= 15 is 0 Å². The Morgan fingerprint density at radius 2 is 1.73 bits per heavy atom. The molecule has 0 aliphatic carbocycles. The minimum atomic E-state index is -0.241. The number of hydrogen-bond acceptors (Lipinski definition) is 3. The van der Waals surface area contributed by atoms with Gasteiger partial charge in [-0.05, 0) is 51.2 Å². The van der Waals surface area contributed by atoms with Gasteiger partial charge in [0.05, 0.1) is 12.2 Å². The zero-order valence-electron chi connectivity index (χ0n) is 17.1. The molecule has 2 amide bonds. The third-order valence-corrected chi connectivity index (χ3v) is 3.75. The summed E-state index contributed by atoms with van der Waals surface area (Å²) in [4.78, 5) is 24.4. The molecule has 0 atom stereocenters. The van der Waals surface area contributed by atoms with Gasteiger partial charge in [-0.3, -0.25) is 9.59 Å². The fraction of sp³-hybridized carbons (Fsp3) is 0.619. The molecule has 5 nitrogen and oxygen atoms in total. The van der Waals surface area contributed by atoms with Crippen LogP contribution in [0.5, 0.6) is 5.75 Å². The van der Waals surface area contributed by atoms with E-state index < -0.39 is 0 Å². The summed E-state index contributed by atoms with van der Waals surface area (Å²) in [5, 5.41) is 5.94. The second-order valence-corrected chi connectivity index (χ2v) is 8.46. The van der Waals surface area contributed by atoms with Crippen LogP contribution in [0.2, 0.25) is 0 Å². The van der Waals surface area contributed by atoms with Crippen LogP contribution in [0.1, 0.15) is 71.2 Å².